The Kier molecular flexibility index (Phi) is 3.59. The summed E-state index contributed by atoms with van der Waals surface area (Å²) in [6.07, 6.45) is 1.70. The fourth-order valence-electron chi connectivity index (χ4n) is 1.47. The molecule has 2 aromatic rings. The van der Waals surface area contributed by atoms with E-state index in [0.29, 0.717) is 0 Å². The van der Waals surface area contributed by atoms with Gasteiger partial charge in [-0.3, -0.25) is 9.63 Å². The fourth-order valence-corrected chi connectivity index (χ4v) is 1.47. The van der Waals surface area contributed by atoms with Gasteiger partial charge in [-0.1, -0.05) is 0 Å². The number of amides is 1. The Morgan fingerprint density at radius 1 is 1.22 bits per heavy atom. The molecule has 1 N–H and O–H groups in total. The number of hydrogen-bond donors (Lipinski definition) is 1. The van der Waals surface area contributed by atoms with Gasteiger partial charge in [0.05, 0.1) is 19.9 Å². The van der Waals surface area contributed by atoms with Crippen molar-refractivity contribution in [1.82, 2.24) is 15.3 Å². The summed E-state index contributed by atoms with van der Waals surface area (Å²) in [4.78, 5) is 16.0. The molecule has 0 aliphatic heterocycles. The van der Waals surface area contributed by atoms with Gasteiger partial charge < -0.3 is 4.74 Å². The number of benzene rings is 1. The number of nitrogens with one attached hydrogen (secondary N) is 1. The van der Waals surface area contributed by atoms with Crippen LogP contribution in [0, 0.1) is 0 Å². The van der Waals surface area contributed by atoms with E-state index < -0.39 is 0 Å². The lowest BCUT2D eigenvalue weighted by molar-refractivity contribution is 0.0532. The number of methoxy groups -OCH3 is 1. The number of aromatic nitrogens is 2. The number of ether oxygens (including phenoxy) is 1. The highest BCUT2D eigenvalue weighted by Gasteiger charge is 2.09. The molecule has 0 unspecified atom stereocenters. The number of hydroxylamine groups is 1. The van der Waals surface area contributed by atoms with Crippen molar-refractivity contribution >= 4 is 5.91 Å². The monoisotopic (exact) mass is 247 g/mol. The maximum Gasteiger partial charge on any atom is 0.295 e. The molecule has 2 rings (SSSR count). The first-order chi connectivity index (χ1) is 8.74. The second-order valence-corrected chi connectivity index (χ2v) is 3.48. The van der Waals surface area contributed by atoms with E-state index in [1.165, 1.54) is 7.11 Å². The molecule has 0 atom stereocenters. The van der Waals surface area contributed by atoms with Gasteiger partial charge in [-0.05, 0) is 30.3 Å². The molecule has 0 spiro atoms. The van der Waals surface area contributed by atoms with Crippen molar-refractivity contribution < 1.29 is 14.4 Å². The minimum atomic E-state index is -0.384. The molecule has 1 aromatic heterocycles. The van der Waals surface area contributed by atoms with Crippen LogP contribution in [0.3, 0.4) is 0 Å². The predicted molar refractivity (Wildman–Crippen MR) is 64.6 cm³/mol. The molecule has 0 fully saturated rings. The molecular formula is C12H13N3O3. The van der Waals surface area contributed by atoms with Gasteiger partial charge in [0, 0.05) is 6.20 Å². The fraction of sp³-hybridized carbons (Fsp3) is 0.167. The molecule has 0 bridgehead atoms. The Morgan fingerprint density at radius 2 is 1.94 bits per heavy atom. The summed E-state index contributed by atoms with van der Waals surface area (Å²) in [7, 11) is 2.98. The first-order valence-electron chi connectivity index (χ1n) is 5.28. The lowest BCUT2D eigenvalue weighted by atomic mass is 10.3. The molecule has 0 saturated carbocycles. The van der Waals surface area contributed by atoms with Gasteiger partial charge in [0.1, 0.15) is 5.75 Å². The summed E-state index contributed by atoms with van der Waals surface area (Å²) in [5.74, 6) is 0.382. The Labute approximate surface area is 104 Å². The van der Waals surface area contributed by atoms with E-state index >= 15 is 0 Å². The van der Waals surface area contributed by atoms with Crippen LogP contribution >= 0.6 is 0 Å². The zero-order valence-corrected chi connectivity index (χ0v) is 10.1. The Hall–Kier alpha value is -2.34. The second-order valence-electron chi connectivity index (χ2n) is 3.48. The van der Waals surface area contributed by atoms with Crippen LogP contribution in [0.1, 0.15) is 10.5 Å². The maximum atomic E-state index is 11.5. The quantitative estimate of drug-likeness (QED) is 0.824. The minimum absolute atomic E-state index is 0.285. The van der Waals surface area contributed by atoms with Crippen molar-refractivity contribution in [2.45, 2.75) is 0 Å². The minimum Gasteiger partial charge on any atom is -0.497 e. The number of carbonyl (C=O) groups is 1. The Balaban J connectivity index is 2.20. The third-order valence-corrected chi connectivity index (χ3v) is 2.35. The molecular weight excluding hydrogens is 234 g/mol. The second kappa shape index (κ2) is 5.33. The van der Waals surface area contributed by atoms with Gasteiger partial charge >= 0.3 is 0 Å². The SMILES string of the molecule is CONC(=O)c1ccn(-c2ccc(OC)cc2)n1. The first kappa shape index (κ1) is 12.1. The number of nitrogens with zero attached hydrogens (tertiary/aromatic N) is 2. The lowest BCUT2D eigenvalue weighted by Crippen LogP contribution is -2.22. The van der Waals surface area contributed by atoms with Crippen molar-refractivity contribution in [3.05, 3.63) is 42.2 Å². The lowest BCUT2D eigenvalue weighted by Gasteiger charge is -2.03. The van der Waals surface area contributed by atoms with Gasteiger partial charge in [0.15, 0.2) is 5.69 Å². The number of carbonyl (C=O) groups excluding carboxylic acids is 1. The van der Waals surface area contributed by atoms with Crippen molar-refractivity contribution in [2.24, 2.45) is 0 Å². The average molecular weight is 247 g/mol. The summed E-state index contributed by atoms with van der Waals surface area (Å²) >= 11 is 0. The summed E-state index contributed by atoms with van der Waals surface area (Å²) in [5.41, 5.74) is 3.34. The summed E-state index contributed by atoms with van der Waals surface area (Å²) in [5, 5.41) is 4.14. The van der Waals surface area contributed by atoms with Crippen molar-refractivity contribution in [3.8, 4) is 11.4 Å². The van der Waals surface area contributed by atoms with Crippen LogP contribution in [0.4, 0.5) is 0 Å². The van der Waals surface area contributed by atoms with Crippen LogP contribution in [-0.2, 0) is 4.84 Å². The van der Waals surface area contributed by atoms with E-state index in [0.717, 1.165) is 11.4 Å². The summed E-state index contributed by atoms with van der Waals surface area (Å²) in [6, 6.07) is 8.96. The standard InChI is InChI=1S/C12H13N3O3/c1-17-10-5-3-9(4-6-10)15-8-7-11(13-15)12(16)14-18-2/h3-8H,1-2H3,(H,14,16). The largest absolute Gasteiger partial charge is 0.497 e. The van der Waals surface area contributed by atoms with E-state index in [1.54, 1.807) is 24.1 Å². The highest BCUT2D eigenvalue weighted by atomic mass is 16.6. The average Bonchev–Trinajstić information content (AvgIpc) is 2.89. The van der Waals surface area contributed by atoms with Crippen LogP contribution in [0.5, 0.6) is 5.75 Å². The molecule has 0 saturated heterocycles. The maximum absolute atomic E-state index is 11.5. The molecule has 6 nitrogen and oxygen atoms in total. The molecule has 1 amide bonds. The third kappa shape index (κ3) is 2.49. The third-order valence-electron chi connectivity index (χ3n) is 2.35. The van der Waals surface area contributed by atoms with Crippen molar-refractivity contribution in [3.63, 3.8) is 0 Å². The van der Waals surface area contributed by atoms with Crippen molar-refractivity contribution in [2.75, 3.05) is 14.2 Å². The molecule has 1 aromatic carbocycles. The normalized spacial score (nSPS) is 10.1. The molecule has 6 heteroatoms. The number of hydrogen-bond acceptors (Lipinski definition) is 4. The highest BCUT2D eigenvalue weighted by Crippen LogP contribution is 2.14. The van der Waals surface area contributed by atoms with E-state index in [-0.39, 0.29) is 11.6 Å². The molecule has 1 heterocycles. The number of rotatable bonds is 4. The summed E-state index contributed by atoms with van der Waals surface area (Å²) in [6.45, 7) is 0. The Morgan fingerprint density at radius 3 is 2.56 bits per heavy atom. The molecule has 0 aliphatic rings. The molecule has 0 aliphatic carbocycles. The van der Waals surface area contributed by atoms with Crippen LogP contribution in [0.15, 0.2) is 36.5 Å². The van der Waals surface area contributed by atoms with E-state index in [4.69, 9.17) is 4.74 Å². The molecule has 94 valence electrons. The van der Waals surface area contributed by atoms with Gasteiger partial charge in [-0.25, -0.2) is 10.2 Å². The van der Waals surface area contributed by atoms with Gasteiger partial charge in [0.2, 0.25) is 0 Å². The summed E-state index contributed by atoms with van der Waals surface area (Å²) < 4.78 is 6.67. The van der Waals surface area contributed by atoms with Gasteiger partial charge in [0.25, 0.3) is 5.91 Å². The van der Waals surface area contributed by atoms with Crippen LogP contribution in [-0.4, -0.2) is 29.9 Å². The van der Waals surface area contributed by atoms with Gasteiger partial charge in [-0.2, -0.15) is 5.10 Å². The predicted octanol–water partition coefficient (Wildman–Crippen LogP) is 1.17. The molecule has 0 radical (unpaired) electrons. The highest BCUT2D eigenvalue weighted by molar-refractivity contribution is 5.91. The zero-order valence-electron chi connectivity index (χ0n) is 10.1. The smallest absolute Gasteiger partial charge is 0.295 e. The first-order valence-corrected chi connectivity index (χ1v) is 5.28. The van der Waals surface area contributed by atoms with E-state index in [2.05, 4.69) is 15.4 Å². The molecule has 18 heavy (non-hydrogen) atoms. The van der Waals surface area contributed by atoms with Crippen LogP contribution < -0.4 is 10.2 Å². The van der Waals surface area contributed by atoms with Gasteiger partial charge in [-0.15, -0.1) is 0 Å². The Bertz CT molecular complexity index is 534. The topological polar surface area (TPSA) is 65.4 Å². The van der Waals surface area contributed by atoms with Crippen LogP contribution in [0.2, 0.25) is 0 Å². The van der Waals surface area contributed by atoms with Crippen molar-refractivity contribution in [1.29, 1.82) is 0 Å². The van der Waals surface area contributed by atoms with Crippen LogP contribution in [0.25, 0.3) is 5.69 Å². The van der Waals surface area contributed by atoms with E-state index in [1.807, 2.05) is 24.3 Å². The zero-order chi connectivity index (χ0) is 13.0. The van der Waals surface area contributed by atoms with E-state index in [9.17, 15) is 4.79 Å².